The molecule has 8 heavy (non-hydrogen) atoms. The zero-order chi connectivity index (χ0) is 5.98. The first-order valence-electron chi connectivity index (χ1n) is 2.43. The van der Waals surface area contributed by atoms with Crippen molar-refractivity contribution in [1.82, 2.24) is 4.98 Å². The molecule has 0 fully saturated rings. The van der Waals surface area contributed by atoms with Gasteiger partial charge in [0.1, 0.15) is 0 Å². The first-order chi connectivity index (χ1) is 3.83. The van der Waals surface area contributed by atoms with E-state index in [1.165, 1.54) is 4.78 Å². The Morgan fingerprint density at radius 2 is 2.62 bits per heavy atom. The number of rotatable bonds is 1. The fraction of sp³-hybridized carbons (Fsp3) is 0.250. The summed E-state index contributed by atoms with van der Waals surface area (Å²) in [5.41, 5.74) is 0. The van der Waals surface area contributed by atoms with Crippen LogP contribution >= 0.6 is 11.3 Å². The third-order valence-corrected chi connectivity index (χ3v) is 1.77. The van der Waals surface area contributed by atoms with E-state index in [0.717, 1.165) is 5.13 Å². The van der Waals surface area contributed by atoms with Gasteiger partial charge in [-0.1, -0.05) is 0 Å². The Hall–Kier alpha value is -0.505. The van der Waals surface area contributed by atoms with Gasteiger partial charge in [0, 0.05) is 13.2 Å². The lowest BCUT2D eigenvalue weighted by Crippen LogP contribution is -1.89. The van der Waals surface area contributed by atoms with Crippen LogP contribution in [0.1, 0.15) is 0 Å². The number of thiazole rings is 1. The fourth-order valence-corrected chi connectivity index (χ4v) is 1.09. The van der Waals surface area contributed by atoms with Gasteiger partial charge >= 0.3 is 0 Å². The van der Waals surface area contributed by atoms with Gasteiger partial charge in [-0.25, -0.2) is 4.98 Å². The summed E-state index contributed by atoms with van der Waals surface area (Å²) in [6.07, 6.45) is 1.86. The van der Waals surface area contributed by atoms with Crippen molar-refractivity contribution >= 4 is 29.1 Å². The maximum atomic E-state index is 4.04. The zero-order valence-electron chi connectivity index (χ0n) is 4.93. The monoisotopic (exact) mass is 126 g/mol. The van der Waals surface area contributed by atoms with Crippen LogP contribution in [-0.2, 0) is 0 Å². The molecule has 0 amide bonds. The minimum atomic E-state index is 0.988. The third-order valence-electron chi connectivity index (χ3n) is 0.835. The van der Waals surface area contributed by atoms with E-state index >= 15 is 0 Å². The average molecular weight is 126 g/mol. The standard InChI is InChI=1S/C4H7BN2S/c1-6-4-7-2-3(5)8-4/h2H,5H2,1H3,(H,6,7). The van der Waals surface area contributed by atoms with Gasteiger partial charge in [0.25, 0.3) is 0 Å². The minimum Gasteiger partial charge on any atom is -0.365 e. The molecule has 4 heteroatoms. The minimum absolute atomic E-state index is 0.988. The normalized spacial score (nSPS) is 9.12. The summed E-state index contributed by atoms with van der Waals surface area (Å²) in [6.45, 7) is 0. The second kappa shape index (κ2) is 2.18. The van der Waals surface area contributed by atoms with E-state index in [1.54, 1.807) is 11.3 Å². The van der Waals surface area contributed by atoms with Crippen LogP contribution in [0.4, 0.5) is 5.13 Å². The molecule has 0 atom stereocenters. The molecule has 1 aromatic heterocycles. The molecule has 0 unspecified atom stereocenters. The van der Waals surface area contributed by atoms with Crippen LogP contribution in [0.15, 0.2) is 6.20 Å². The number of hydrogen-bond donors (Lipinski definition) is 1. The lowest BCUT2D eigenvalue weighted by molar-refractivity contribution is 1.37. The molecular weight excluding hydrogens is 119 g/mol. The van der Waals surface area contributed by atoms with Crippen LogP contribution in [0.5, 0.6) is 0 Å². The van der Waals surface area contributed by atoms with Crippen molar-refractivity contribution in [3.63, 3.8) is 0 Å². The highest BCUT2D eigenvalue weighted by Crippen LogP contribution is 2.04. The molecule has 0 saturated heterocycles. The lowest BCUT2D eigenvalue weighted by Gasteiger charge is -1.84. The molecule has 0 aliphatic rings. The molecule has 0 aliphatic heterocycles. The predicted octanol–water partition coefficient (Wildman–Crippen LogP) is -0.557. The smallest absolute Gasteiger partial charge is 0.181 e. The molecule has 1 heterocycles. The van der Waals surface area contributed by atoms with Gasteiger partial charge in [-0.15, -0.1) is 11.3 Å². The van der Waals surface area contributed by atoms with Gasteiger partial charge in [-0.2, -0.15) is 0 Å². The summed E-state index contributed by atoms with van der Waals surface area (Å²) in [7, 11) is 3.91. The van der Waals surface area contributed by atoms with Crippen LogP contribution in [0.3, 0.4) is 0 Å². The van der Waals surface area contributed by atoms with E-state index in [4.69, 9.17) is 0 Å². The molecule has 1 N–H and O–H groups in total. The third kappa shape index (κ3) is 1.01. The first-order valence-corrected chi connectivity index (χ1v) is 3.25. The Kier molecular flexibility index (Phi) is 1.53. The van der Waals surface area contributed by atoms with Gasteiger partial charge in [-0.3, -0.25) is 0 Å². The number of anilines is 1. The molecule has 0 saturated carbocycles. The summed E-state index contributed by atoms with van der Waals surface area (Å²) >= 11 is 1.67. The van der Waals surface area contributed by atoms with Gasteiger partial charge in [0.05, 0.1) is 0 Å². The molecule has 1 rings (SSSR count). The summed E-state index contributed by atoms with van der Waals surface area (Å²) in [5, 5.41) is 3.94. The summed E-state index contributed by atoms with van der Waals surface area (Å²) in [4.78, 5) is 4.04. The van der Waals surface area contributed by atoms with Crippen LogP contribution in [-0.4, -0.2) is 19.9 Å². The first kappa shape index (κ1) is 5.63. The number of nitrogens with one attached hydrogen (secondary N) is 1. The Labute approximate surface area is 53.4 Å². The van der Waals surface area contributed by atoms with E-state index in [9.17, 15) is 0 Å². The van der Waals surface area contributed by atoms with E-state index in [2.05, 4.69) is 10.3 Å². The maximum absolute atomic E-state index is 4.04. The SMILES string of the molecule is Bc1cnc(NC)s1. The molecular formula is C4H7BN2S. The molecule has 42 valence electrons. The predicted molar refractivity (Wildman–Crippen MR) is 39.8 cm³/mol. The van der Waals surface area contributed by atoms with Crippen molar-refractivity contribution < 1.29 is 0 Å². The Morgan fingerprint density at radius 1 is 1.88 bits per heavy atom. The fourth-order valence-electron chi connectivity index (χ4n) is 0.470. The van der Waals surface area contributed by atoms with Crippen LogP contribution < -0.4 is 10.1 Å². The highest BCUT2D eigenvalue weighted by molar-refractivity contribution is 7.23. The Balaban J connectivity index is 2.84. The zero-order valence-corrected chi connectivity index (χ0v) is 5.75. The molecule has 0 radical (unpaired) electrons. The van der Waals surface area contributed by atoms with Crippen LogP contribution in [0, 0.1) is 0 Å². The van der Waals surface area contributed by atoms with E-state index in [1.807, 2.05) is 21.1 Å². The quantitative estimate of drug-likeness (QED) is 0.510. The average Bonchev–Trinajstić information content (AvgIpc) is 2.14. The molecule has 0 aliphatic carbocycles. The van der Waals surface area contributed by atoms with Gasteiger partial charge in [-0.05, 0) is 4.78 Å². The maximum Gasteiger partial charge on any atom is 0.181 e. The van der Waals surface area contributed by atoms with Crippen molar-refractivity contribution in [3.8, 4) is 0 Å². The van der Waals surface area contributed by atoms with Crippen molar-refractivity contribution in [1.29, 1.82) is 0 Å². The summed E-state index contributed by atoms with van der Waals surface area (Å²) in [5.74, 6) is 0. The van der Waals surface area contributed by atoms with Crippen molar-refractivity contribution in [2.45, 2.75) is 0 Å². The topological polar surface area (TPSA) is 24.9 Å². The molecule has 0 spiro atoms. The highest BCUT2D eigenvalue weighted by Gasteiger charge is 1.90. The summed E-state index contributed by atoms with van der Waals surface area (Å²) in [6, 6.07) is 0. The molecule has 0 aromatic carbocycles. The number of aromatic nitrogens is 1. The Morgan fingerprint density at radius 3 is 2.88 bits per heavy atom. The second-order valence-electron chi connectivity index (χ2n) is 1.53. The van der Waals surface area contributed by atoms with Gasteiger partial charge in [0.2, 0.25) is 0 Å². The largest absolute Gasteiger partial charge is 0.365 e. The lowest BCUT2D eigenvalue weighted by atomic mass is 10.1. The van der Waals surface area contributed by atoms with Gasteiger partial charge in [0.15, 0.2) is 13.0 Å². The van der Waals surface area contributed by atoms with Gasteiger partial charge < -0.3 is 5.32 Å². The number of hydrogen-bond acceptors (Lipinski definition) is 3. The van der Waals surface area contributed by atoms with Crippen LogP contribution in [0.2, 0.25) is 0 Å². The van der Waals surface area contributed by atoms with Crippen molar-refractivity contribution in [3.05, 3.63) is 6.20 Å². The number of nitrogens with zero attached hydrogens (tertiary/aromatic N) is 1. The summed E-state index contributed by atoms with van der Waals surface area (Å²) < 4.78 is 1.24. The van der Waals surface area contributed by atoms with Crippen molar-refractivity contribution in [2.24, 2.45) is 0 Å². The highest BCUT2D eigenvalue weighted by atomic mass is 32.1. The molecule has 2 nitrogen and oxygen atoms in total. The van der Waals surface area contributed by atoms with E-state index in [0.29, 0.717) is 0 Å². The van der Waals surface area contributed by atoms with Crippen LogP contribution in [0.25, 0.3) is 0 Å². The second-order valence-corrected chi connectivity index (χ2v) is 2.76. The molecule has 0 bridgehead atoms. The van der Waals surface area contributed by atoms with Crippen molar-refractivity contribution in [2.75, 3.05) is 12.4 Å². The van der Waals surface area contributed by atoms with E-state index < -0.39 is 0 Å². The molecule has 1 aromatic rings. The van der Waals surface area contributed by atoms with E-state index in [-0.39, 0.29) is 0 Å². The Bertz CT molecular complexity index is 174.